The molecule has 92 valence electrons. The van der Waals surface area contributed by atoms with E-state index in [1.165, 1.54) is 0 Å². The zero-order valence-corrected chi connectivity index (χ0v) is 11.9. The summed E-state index contributed by atoms with van der Waals surface area (Å²) in [6, 6.07) is 7.77. The summed E-state index contributed by atoms with van der Waals surface area (Å²) in [6.45, 7) is 0. The van der Waals surface area contributed by atoms with Crippen molar-refractivity contribution in [1.82, 2.24) is 5.32 Å². The van der Waals surface area contributed by atoms with Crippen molar-refractivity contribution in [2.24, 2.45) is 0 Å². The Morgan fingerprint density at radius 1 is 1.47 bits per heavy atom. The Morgan fingerprint density at radius 3 is 3.00 bits per heavy atom. The van der Waals surface area contributed by atoms with Crippen LogP contribution >= 0.6 is 22.6 Å². The quantitative estimate of drug-likeness (QED) is 0.856. The highest BCUT2D eigenvalue weighted by Gasteiger charge is 2.28. The SMILES string of the molecule is COC1CCCC1NC(=O)c1cccc(I)c1. The van der Waals surface area contributed by atoms with E-state index in [1.807, 2.05) is 24.3 Å². The fraction of sp³-hybridized carbons (Fsp3) is 0.462. The molecule has 1 saturated carbocycles. The van der Waals surface area contributed by atoms with Crippen LogP contribution in [0.15, 0.2) is 24.3 Å². The van der Waals surface area contributed by atoms with Crippen molar-refractivity contribution in [3.63, 3.8) is 0 Å². The Kier molecular flexibility index (Phi) is 4.39. The molecule has 17 heavy (non-hydrogen) atoms. The number of benzene rings is 1. The van der Waals surface area contributed by atoms with Gasteiger partial charge in [-0.25, -0.2) is 0 Å². The van der Waals surface area contributed by atoms with Gasteiger partial charge in [0.2, 0.25) is 0 Å². The van der Waals surface area contributed by atoms with Gasteiger partial charge in [-0.1, -0.05) is 6.07 Å². The number of halogens is 1. The van der Waals surface area contributed by atoms with Gasteiger partial charge in [-0.2, -0.15) is 0 Å². The zero-order chi connectivity index (χ0) is 12.3. The first-order chi connectivity index (χ1) is 8.20. The van der Waals surface area contributed by atoms with Crippen LogP contribution in [0.1, 0.15) is 29.6 Å². The van der Waals surface area contributed by atoms with Crippen LogP contribution in [0.5, 0.6) is 0 Å². The third-order valence-electron chi connectivity index (χ3n) is 3.16. The number of ether oxygens (including phenoxy) is 1. The molecule has 0 aliphatic heterocycles. The van der Waals surface area contributed by atoms with Crippen molar-refractivity contribution in [3.05, 3.63) is 33.4 Å². The maximum atomic E-state index is 12.0. The van der Waals surface area contributed by atoms with E-state index in [4.69, 9.17) is 4.74 Å². The molecule has 0 spiro atoms. The number of carbonyl (C=O) groups excluding carboxylic acids is 1. The molecule has 2 atom stereocenters. The maximum absolute atomic E-state index is 12.0. The molecule has 1 aliphatic carbocycles. The summed E-state index contributed by atoms with van der Waals surface area (Å²) in [5, 5.41) is 3.06. The lowest BCUT2D eigenvalue weighted by atomic mass is 10.1. The minimum absolute atomic E-state index is 0.00235. The first-order valence-corrected chi connectivity index (χ1v) is 6.88. The molecule has 0 bridgehead atoms. The predicted molar refractivity (Wildman–Crippen MR) is 75.1 cm³/mol. The normalized spacial score (nSPS) is 23.6. The van der Waals surface area contributed by atoms with Crippen LogP contribution in [0, 0.1) is 3.57 Å². The fourth-order valence-corrected chi connectivity index (χ4v) is 2.80. The van der Waals surface area contributed by atoms with Gasteiger partial charge in [0, 0.05) is 16.2 Å². The third kappa shape index (κ3) is 3.19. The molecule has 3 nitrogen and oxygen atoms in total. The summed E-state index contributed by atoms with van der Waals surface area (Å²) in [4.78, 5) is 12.0. The lowest BCUT2D eigenvalue weighted by molar-refractivity contribution is 0.0722. The van der Waals surface area contributed by atoms with E-state index in [-0.39, 0.29) is 18.1 Å². The van der Waals surface area contributed by atoms with Crippen molar-refractivity contribution in [1.29, 1.82) is 0 Å². The van der Waals surface area contributed by atoms with Gasteiger partial charge in [0.25, 0.3) is 5.91 Å². The van der Waals surface area contributed by atoms with E-state index in [1.54, 1.807) is 7.11 Å². The minimum atomic E-state index is -0.00235. The molecule has 1 aromatic rings. The van der Waals surface area contributed by atoms with Gasteiger partial charge < -0.3 is 10.1 Å². The number of carbonyl (C=O) groups is 1. The van der Waals surface area contributed by atoms with E-state index < -0.39 is 0 Å². The van der Waals surface area contributed by atoms with Gasteiger partial charge >= 0.3 is 0 Å². The average molecular weight is 345 g/mol. The van der Waals surface area contributed by atoms with Gasteiger partial charge in [-0.3, -0.25) is 4.79 Å². The van der Waals surface area contributed by atoms with E-state index in [0.29, 0.717) is 0 Å². The lowest BCUT2D eigenvalue weighted by Gasteiger charge is -2.19. The van der Waals surface area contributed by atoms with Crippen LogP contribution in [0.2, 0.25) is 0 Å². The summed E-state index contributed by atoms with van der Waals surface area (Å²) >= 11 is 2.21. The largest absolute Gasteiger partial charge is 0.379 e. The van der Waals surface area contributed by atoms with Crippen LogP contribution in [0.4, 0.5) is 0 Å². The molecule has 4 heteroatoms. The van der Waals surface area contributed by atoms with Crippen LogP contribution in [0.3, 0.4) is 0 Å². The van der Waals surface area contributed by atoms with Crippen molar-refractivity contribution in [2.75, 3.05) is 7.11 Å². The summed E-state index contributed by atoms with van der Waals surface area (Å²) in [7, 11) is 1.71. The van der Waals surface area contributed by atoms with Crippen LogP contribution in [-0.4, -0.2) is 25.2 Å². The smallest absolute Gasteiger partial charge is 0.251 e. The molecule has 2 rings (SSSR count). The minimum Gasteiger partial charge on any atom is -0.379 e. The first-order valence-electron chi connectivity index (χ1n) is 5.80. The van der Waals surface area contributed by atoms with Crippen molar-refractivity contribution >= 4 is 28.5 Å². The van der Waals surface area contributed by atoms with Gasteiger partial charge in [0.15, 0.2) is 0 Å². The van der Waals surface area contributed by atoms with Crippen molar-refractivity contribution < 1.29 is 9.53 Å². The lowest BCUT2D eigenvalue weighted by Crippen LogP contribution is -2.40. The van der Waals surface area contributed by atoms with E-state index in [2.05, 4.69) is 27.9 Å². The molecular formula is C13H16INO2. The predicted octanol–water partition coefficient (Wildman–Crippen LogP) is 2.59. The number of nitrogens with one attached hydrogen (secondary N) is 1. The van der Waals surface area contributed by atoms with Gasteiger partial charge in [-0.05, 0) is 60.1 Å². The number of methoxy groups -OCH3 is 1. The van der Waals surface area contributed by atoms with Gasteiger partial charge in [0.1, 0.15) is 0 Å². The van der Waals surface area contributed by atoms with E-state index >= 15 is 0 Å². The fourth-order valence-electron chi connectivity index (χ4n) is 2.25. The maximum Gasteiger partial charge on any atom is 0.251 e. The van der Waals surface area contributed by atoms with E-state index in [0.717, 1.165) is 28.4 Å². The highest BCUT2D eigenvalue weighted by atomic mass is 127. The summed E-state index contributed by atoms with van der Waals surface area (Å²) in [5.74, 6) is -0.00235. The molecule has 1 N–H and O–H groups in total. The Hall–Kier alpha value is -0.620. The van der Waals surface area contributed by atoms with Gasteiger partial charge in [0.05, 0.1) is 12.1 Å². The molecule has 1 fully saturated rings. The molecule has 1 amide bonds. The molecular weight excluding hydrogens is 329 g/mol. The topological polar surface area (TPSA) is 38.3 Å². The third-order valence-corrected chi connectivity index (χ3v) is 3.83. The molecule has 2 unspecified atom stereocenters. The highest BCUT2D eigenvalue weighted by molar-refractivity contribution is 14.1. The van der Waals surface area contributed by atoms with Gasteiger partial charge in [-0.15, -0.1) is 0 Å². The van der Waals surface area contributed by atoms with Crippen LogP contribution < -0.4 is 5.32 Å². The first kappa shape index (κ1) is 12.8. The Labute approximate surface area is 115 Å². The standard InChI is InChI=1S/C13H16INO2/c1-17-12-7-3-6-11(12)15-13(16)9-4-2-5-10(14)8-9/h2,4-5,8,11-12H,3,6-7H2,1H3,(H,15,16). The van der Waals surface area contributed by atoms with Crippen LogP contribution in [0.25, 0.3) is 0 Å². The zero-order valence-electron chi connectivity index (χ0n) is 9.78. The number of hydrogen-bond donors (Lipinski definition) is 1. The average Bonchev–Trinajstić information content (AvgIpc) is 2.76. The molecule has 0 saturated heterocycles. The van der Waals surface area contributed by atoms with Crippen LogP contribution in [-0.2, 0) is 4.74 Å². The molecule has 0 heterocycles. The number of rotatable bonds is 3. The van der Waals surface area contributed by atoms with E-state index in [9.17, 15) is 4.79 Å². The molecule has 1 aromatic carbocycles. The highest BCUT2D eigenvalue weighted by Crippen LogP contribution is 2.22. The monoisotopic (exact) mass is 345 g/mol. The number of amides is 1. The Balaban J connectivity index is 2.01. The Bertz CT molecular complexity index is 408. The van der Waals surface area contributed by atoms with Crippen molar-refractivity contribution in [3.8, 4) is 0 Å². The Morgan fingerprint density at radius 2 is 2.29 bits per heavy atom. The van der Waals surface area contributed by atoms with Crippen molar-refractivity contribution in [2.45, 2.75) is 31.4 Å². The molecule has 1 aliphatic rings. The second kappa shape index (κ2) is 5.82. The second-order valence-corrected chi connectivity index (χ2v) is 5.54. The molecule has 0 aromatic heterocycles. The summed E-state index contributed by atoms with van der Waals surface area (Å²) in [6.07, 6.45) is 3.33. The molecule has 0 radical (unpaired) electrons. The summed E-state index contributed by atoms with van der Waals surface area (Å²) in [5.41, 5.74) is 0.721. The number of hydrogen-bond acceptors (Lipinski definition) is 2. The second-order valence-electron chi connectivity index (χ2n) is 4.30. The summed E-state index contributed by atoms with van der Waals surface area (Å²) < 4.78 is 6.44.